The predicted octanol–water partition coefficient (Wildman–Crippen LogP) is 5.07. The van der Waals surface area contributed by atoms with E-state index in [-0.39, 0.29) is 35.0 Å². The zero-order valence-electron chi connectivity index (χ0n) is 24.0. The Kier molecular flexibility index (Phi) is 7.92. The molecule has 6 rings (SSSR count). The maximum absolute atomic E-state index is 13.5. The third-order valence-corrected chi connectivity index (χ3v) is 9.16. The highest BCUT2D eigenvalue weighted by Gasteiger charge is 2.58. The number of unbranched alkanes of at least 4 members (excludes halogenated alkanes) is 2. The molecular formula is C31H40N6O4. The monoisotopic (exact) mass is 560 g/mol. The largest absolute Gasteiger partial charge is 0.480 e. The van der Waals surface area contributed by atoms with Gasteiger partial charge in [0.25, 0.3) is 5.89 Å². The molecule has 1 spiro atoms. The number of carbonyl (C=O) groups is 2. The second-order valence-corrected chi connectivity index (χ2v) is 12.1. The summed E-state index contributed by atoms with van der Waals surface area (Å²) in [6, 6.07) is 3.87. The first-order valence-electron chi connectivity index (χ1n) is 15.0. The van der Waals surface area contributed by atoms with E-state index in [1.54, 1.807) is 13.3 Å². The highest BCUT2D eigenvalue weighted by molar-refractivity contribution is 5.91. The summed E-state index contributed by atoms with van der Waals surface area (Å²) >= 11 is 0. The van der Waals surface area contributed by atoms with Gasteiger partial charge in [0.1, 0.15) is 12.1 Å². The number of aromatic nitrogens is 4. The molecule has 1 amide bonds. The van der Waals surface area contributed by atoms with Crippen LogP contribution in [-0.4, -0.2) is 63.8 Å². The van der Waals surface area contributed by atoms with Gasteiger partial charge < -0.3 is 24.4 Å². The number of amides is 1. The van der Waals surface area contributed by atoms with Crippen molar-refractivity contribution in [2.45, 2.75) is 76.2 Å². The minimum absolute atomic E-state index is 0.0748. The van der Waals surface area contributed by atoms with Gasteiger partial charge in [-0.25, -0.2) is 15.0 Å². The number of oxazole rings is 1. The van der Waals surface area contributed by atoms with Crippen LogP contribution in [0.25, 0.3) is 11.3 Å². The first-order chi connectivity index (χ1) is 20.0. The average molecular weight is 561 g/mol. The van der Waals surface area contributed by atoms with Gasteiger partial charge in [-0.15, -0.1) is 0 Å². The summed E-state index contributed by atoms with van der Waals surface area (Å²) in [5.74, 6) is 2.15. The van der Waals surface area contributed by atoms with Crippen LogP contribution in [0.2, 0.25) is 0 Å². The molecule has 2 N–H and O–H groups in total. The molecule has 2 aliphatic carbocycles. The number of likely N-dealkylation sites (tertiary alicyclic amines) is 1. The van der Waals surface area contributed by atoms with Crippen LogP contribution in [0, 0.1) is 11.3 Å². The molecule has 10 nitrogen and oxygen atoms in total. The minimum Gasteiger partial charge on any atom is -0.480 e. The molecule has 1 saturated heterocycles. The molecule has 3 aromatic heterocycles. The van der Waals surface area contributed by atoms with Crippen molar-refractivity contribution in [3.05, 3.63) is 48.2 Å². The quantitative estimate of drug-likeness (QED) is 0.219. The molecule has 0 aromatic carbocycles. The first-order valence-corrected chi connectivity index (χ1v) is 15.0. The number of piperidine rings is 1. The van der Waals surface area contributed by atoms with Crippen LogP contribution in [0.1, 0.15) is 98.4 Å². The number of hydrogen-bond donors (Lipinski definition) is 2. The Morgan fingerprint density at radius 2 is 2.02 bits per heavy atom. The third-order valence-electron chi connectivity index (χ3n) is 9.16. The van der Waals surface area contributed by atoms with Crippen molar-refractivity contribution < 1.29 is 18.7 Å². The Balaban J connectivity index is 1.12. The zero-order valence-corrected chi connectivity index (χ0v) is 24.0. The molecule has 2 saturated carbocycles. The number of carbonyl (C=O) groups excluding carboxylic acids is 2. The molecule has 3 aliphatic rings. The van der Waals surface area contributed by atoms with Gasteiger partial charge in [-0.05, 0) is 82.6 Å². The van der Waals surface area contributed by atoms with Crippen molar-refractivity contribution >= 4 is 11.7 Å². The number of Topliss-reactive ketones (excluding diaryl/α,β-unsaturated/α-hetero) is 1. The number of ether oxygens (including phenoxy) is 1. The van der Waals surface area contributed by atoms with Crippen LogP contribution < -0.4 is 10.1 Å². The van der Waals surface area contributed by atoms with Crippen LogP contribution in [0.5, 0.6) is 5.88 Å². The van der Waals surface area contributed by atoms with Gasteiger partial charge in [-0.1, -0.05) is 12.8 Å². The maximum Gasteiger partial charge on any atom is 0.263 e. The van der Waals surface area contributed by atoms with Crippen LogP contribution >= 0.6 is 0 Å². The summed E-state index contributed by atoms with van der Waals surface area (Å²) in [4.78, 5) is 44.9. The topological polar surface area (TPSA) is 126 Å². The molecule has 0 radical (unpaired) electrons. The second-order valence-electron chi connectivity index (χ2n) is 12.1. The lowest BCUT2D eigenvalue weighted by molar-refractivity contribution is -0.124. The predicted molar refractivity (Wildman–Crippen MR) is 152 cm³/mol. The number of aromatic amines is 1. The van der Waals surface area contributed by atoms with E-state index in [0.717, 1.165) is 80.8 Å². The van der Waals surface area contributed by atoms with E-state index < -0.39 is 0 Å². The van der Waals surface area contributed by atoms with Gasteiger partial charge in [-0.3, -0.25) is 9.59 Å². The number of nitrogens with zero attached hydrogens (tertiary/aromatic N) is 4. The maximum atomic E-state index is 13.5. The van der Waals surface area contributed by atoms with Gasteiger partial charge in [0.2, 0.25) is 17.6 Å². The van der Waals surface area contributed by atoms with E-state index in [2.05, 4.69) is 33.3 Å². The molecule has 3 fully saturated rings. The number of pyridine rings is 1. The van der Waals surface area contributed by atoms with E-state index in [9.17, 15) is 9.59 Å². The van der Waals surface area contributed by atoms with Gasteiger partial charge in [-0.2, -0.15) is 0 Å². The molecule has 218 valence electrons. The first kappa shape index (κ1) is 27.6. The highest BCUT2D eigenvalue weighted by Crippen LogP contribution is 2.59. The van der Waals surface area contributed by atoms with Crippen molar-refractivity contribution in [1.82, 2.24) is 30.2 Å². The van der Waals surface area contributed by atoms with Crippen molar-refractivity contribution in [2.24, 2.45) is 11.3 Å². The third kappa shape index (κ3) is 6.22. The fourth-order valence-corrected chi connectivity index (χ4v) is 6.24. The summed E-state index contributed by atoms with van der Waals surface area (Å²) in [5, 5.41) is 3.34. The van der Waals surface area contributed by atoms with Crippen LogP contribution in [0.4, 0.5) is 0 Å². The Hall–Kier alpha value is -3.53. The smallest absolute Gasteiger partial charge is 0.263 e. The molecule has 3 aromatic rings. The van der Waals surface area contributed by atoms with Crippen molar-refractivity contribution in [3.8, 4) is 17.1 Å². The Morgan fingerprint density at radius 1 is 1.20 bits per heavy atom. The normalized spacial score (nSPS) is 20.6. The van der Waals surface area contributed by atoms with Crippen molar-refractivity contribution in [3.63, 3.8) is 0 Å². The molecule has 41 heavy (non-hydrogen) atoms. The lowest BCUT2D eigenvalue weighted by atomic mass is 9.91. The van der Waals surface area contributed by atoms with E-state index in [1.165, 1.54) is 25.3 Å². The lowest BCUT2D eigenvalue weighted by Crippen LogP contribution is -2.36. The summed E-state index contributed by atoms with van der Waals surface area (Å²) in [6.07, 6.45) is 13.8. The van der Waals surface area contributed by atoms with E-state index >= 15 is 0 Å². The number of ketones is 1. The zero-order chi connectivity index (χ0) is 28.4. The number of H-pyrrole nitrogens is 1. The number of methoxy groups -OCH3 is 1. The number of imidazole rings is 1. The Bertz CT molecular complexity index is 1360. The fourth-order valence-electron chi connectivity index (χ4n) is 6.24. The Morgan fingerprint density at radius 3 is 2.76 bits per heavy atom. The lowest BCUT2D eigenvalue weighted by Gasteiger charge is -2.30. The molecule has 1 aliphatic heterocycles. The molecule has 4 heterocycles. The minimum atomic E-state index is -0.243. The summed E-state index contributed by atoms with van der Waals surface area (Å²) < 4.78 is 10.7. The van der Waals surface area contributed by atoms with Crippen molar-refractivity contribution in [2.75, 3.05) is 27.2 Å². The molecule has 0 unspecified atom stereocenters. The second kappa shape index (κ2) is 11.8. The van der Waals surface area contributed by atoms with Gasteiger partial charge >= 0.3 is 0 Å². The van der Waals surface area contributed by atoms with Crippen LogP contribution in [0.3, 0.4) is 0 Å². The highest BCUT2D eigenvalue weighted by atomic mass is 16.5. The number of hydrogen-bond acceptors (Lipinski definition) is 8. The molecule has 0 bridgehead atoms. The summed E-state index contributed by atoms with van der Waals surface area (Å²) in [6.45, 7) is 2.10. The number of nitrogens with one attached hydrogen (secondary N) is 2. The number of rotatable bonds is 13. The fraction of sp³-hybridized carbons (Fsp3) is 0.581. The van der Waals surface area contributed by atoms with Crippen LogP contribution in [0.15, 0.2) is 35.2 Å². The van der Waals surface area contributed by atoms with E-state index in [0.29, 0.717) is 18.2 Å². The average Bonchev–Trinajstić information content (AvgIpc) is 3.82. The SMILES string of the molecule is COc1nc(C2CC2)ccc1-c1cnc([C@H](CCCCCC(=O)c2ncco2)NC(=O)[C@H]2CC23CCN(C)CC3)[nH]1. The van der Waals surface area contributed by atoms with Crippen LogP contribution in [-0.2, 0) is 4.79 Å². The molecule has 2 atom stereocenters. The standard InChI is InChI=1S/C31H40N6O4/c1-37-15-12-31(13-16-37)18-22(31)28(39)35-24(6-4-3-5-7-26(38)30-32-14-17-41-30)27-33-19-25(34-27)21-10-11-23(20-8-9-20)36-29(21)40-2/h10-11,14,17,19-20,22,24H,3-9,12-13,15-16,18H2,1-2H3,(H,33,34)(H,35,39)/t22-,24+/m1/s1. The summed E-state index contributed by atoms with van der Waals surface area (Å²) in [7, 11) is 3.79. The van der Waals surface area contributed by atoms with Gasteiger partial charge in [0.05, 0.1) is 36.8 Å². The van der Waals surface area contributed by atoms with Crippen molar-refractivity contribution in [1.29, 1.82) is 0 Å². The Labute approximate surface area is 240 Å². The molecular weight excluding hydrogens is 520 g/mol. The van der Waals surface area contributed by atoms with E-state index in [4.69, 9.17) is 19.1 Å². The summed E-state index contributed by atoms with van der Waals surface area (Å²) in [5.41, 5.74) is 2.92. The van der Waals surface area contributed by atoms with E-state index in [1.807, 2.05) is 6.07 Å². The van der Waals surface area contributed by atoms with Gasteiger partial charge in [0, 0.05) is 24.0 Å². The molecule has 10 heteroatoms. The van der Waals surface area contributed by atoms with Gasteiger partial charge in [0.15, 0.2) is 0 Å².